The third kappa shape index (κ3) is 3.25. The molecular formula is C18H22N4OS. The van der Waals surface area contributed by atoms with E-state index in [1.165, 1.54) is 9.88 Å². The van der Waals surface area contributed by atoms with E-state index < -0.39 is 0 Å². The summed E-state index contributed by atoms with van der Waals surface area (Å²) >= 11 is 1.77. The highest BCUT2D eigenvalue weighted by molar-refractivity contribution is 7.11. The van der Waals surface area contributed by atoms with E-state index in [0.29, 0.717) is 12.2 Å². The van der Waals surface area contributed by atoms with Crippen molar-refractivity contribution in [3.63, 3.8) is 0 Å². The lowest BCUT2D eigenvalue weighted by molar-refractivity contribution is 0.252. The molecule has 0 aliphatic carbocycles. The zero-order valence-electron chi connectivity index (χ0n) is 14.5. The molecule has 3 aromatic heterocycles. The Bertz CT molecular complexity index is 915. The van der Waals surface area contributed by atoms with Crippen LogP contribution in [0.1, 0.15) is 41.2 Å². The maximum Gasteiger partial charge on any atom is 0.258 e. The molecular weight excluding hydrogens is 320 g/mol. The van der Waals surface area contributed by atoms with Crippen LogP contribution in [-0.2, 0) is 13.0 Å². The molecule has 0 spiro atoms. The molecule has 24 heavy (non-hydrogen) atoms. The van der Waals surface area contributed by atoms with Crippen molar-refractivity contribution in [1.82, 2.24) is 19.3 Å². The minimum Gasteiger partial charge on any atom is -0.293 e. The molecule has 0 saturated carbocycles. The topological polar surface area (TPSA) is 50.5 Å². The van der Waals surface area contributed by atoms with Crippen molar-refractivity contribution in [3.8, 4) is 0 Å². The monoisotopic (exact) mass is 342 g/mol. The van der Waals surface area contributed by atoms with Gasteiger partial charge in [0.15, 0.2) is 0 Å². The van der Waals surface area contributed by atoms with Crippen molar-refractivity contribution >= 4 is 17.0 Å². The fourth-order valence-corrected chi connectivity index (χ4v) is 3.91. The number of fused-ring (bicyclic) bond motifs is 1. The van der Waals surface area contributed by atoms with Gasteiger partial charge in [-0.1, -0.05) is 13.0 Å². The van der Waals surface area contributed by atoms with E-state index in [-0.39, 0.29) is 11.6 Å². The Kier molecular flexibility index (Phi) is 4.78. The van der Waals surface area contributed by atoms with Gasteiger partial charge in [-0.25, -0.2) is 9.97 Å². The molecule has 0 amide bonds. The summed E-state index contributed by atoms with van der Waals surface area (Å²) in [5.74, 6) is 0. The van der Waals surface area contributed by atoms with Crippen LogP contribution in [0.25, 0.3) is 5.65 Å². The number of aromatic nitrogens is 3. The molecule has 3 aromatic rings. The summed E-state index contributed by atoms with van der Waals surface area (Å²) in [7, 11) is 2.06. The van der Waals surface area contributed by atoms with Gasteiger partial charge in [0.1, 0.15) is 5.65 Å². The average Bonchev–Trinajstić information content (AvgIpc) is 2.95. The molecule has 3 rings (SSSR count). The van der Waals surface area contributed by atoms with Crippen LogP contribution in [0.4, 0.5) is 0 Å². The Morgan fingerprint density at radius 1 is 1.33 bits per heavy atom. The molecule has 5 nitrogen and oxygen atoms in total. The quantitative estimate of drug-likeness (QED) is 0.714. The van der Waals surface area contributed by atoms with E-state index in [9.17, 15) is 4.79 Å². The van der Waals surface area contributed by atoms with E-state index in [2.05, 4.69) is 42.7 Å². The number of nitrogens with zero attached hydrogens (tertiary/aromatic N) is 4. The lowest BCUT2D eigenvalue weighted by atomic mass is 10.2. The summed E-state index contributed by atoms with van der Waals surface area (Å²) in [5.41, 5.74) is 2.53. The Morgan fingerprint density at radius 2 is 2.12 bits per heavy atom. The third-order valence-corrected chi connectivity index (χ3v) is 5.73. The van der Waals surface area contributed by atoms with Crippen LogP contribution in [0.2, 0.25) is 0 Å². The molecule has 0 aromatic carbocycles. The number of aryl methyl sites for hydroxylation is 2. The number of hydrogen-bond acceptors (Lipinski definition) is 5. The highest BCUT2D eigenvalue weighted by Gasteiger charge is 2.18. The van der Waals surface area contributed by atoms with Crippen LogP contribution in [0.3, 0.4) is 0 Å². The first kappa shape index (κ1) is 16.8. The van der Waals surface area contributed by atoms with Gasteiger partial charge in [0.25, 0.3) is 5.56 Å². The molecule has 0 aliphatic rings. The molecule has 3 heterocycles. The standard InChI is InChI=1S/C18H22N4OS/c1-5-16-19-12(2)18(24-16)13(3)21(4)11-14-10-17(23)22-9-7-6-8-15(22)20-14/h6-10,13H,5,11H2,1-4H3/t13-/m1/s1. The first-order chi connectivity index (χ1) is 11.5. The van der Waals surface area contributed by atoms with Gasteiger partial charge in [0.2, 0.25) is 0 Å². The maximum atomic E-state index is 12.2. The predicted molar refractivity (Wildman–Crippen MR) is 97.6 cm³/mol. The van der Waals surface area contributed by atoms with E-state index in [0.717, 1.165) is 17.8 Å². The molecule has 0 radical (unpaired) electrons. The van der Waals surface area contributed by atoms with Crippen LogP contribution in [0.5, 0.6) is 0 Å². The molecule has 0 saturated heterocycles. The SMILES string of the molecule is CCc1nc(C)c([C@@H](C)N(C)Cc2cc(=O)n3ccccc3n2)s1. The van der Waals surface area contributed by atoms with Crippen LogP contribution >= 0.6 is 11.3 Å². The zero-order chi connectivity index (χ0) is 17.3. The fourth-order valence-electron chi connectivity index (χ4n) is 2.78. The van der Waals surface area contributed by atoms with Gasteiger partial charge in [-0.05, 0) is 39.4 Å². The lowest BCUT2D eigenvalue weighted by Crippen LogP contribution is -2.24. The first-order valence-electron chi connectivity index (χ1n) is 8.13. The van der Waals surface area contributed by atoms with E-state index in [4.69, 9.17) is 0 Å². The van der Waals surface area contributed by atoms with Crippen LogP contribution in [0.15, 0.2) is 35.3 Å². The first-order valence-corrected chi connectivity index (χ1v) is 8.95. The highest BCUT2D eigenvalue weighted by atomic mass is 32.1. The van der Waals surface area contributed by atoms with Crippen molar-refractivity contribution < 1.29 is 0 Å². The highest BCUT2D eigenvalue weighted by Crippen LogP contribution is 2.29. The second-order valence-corrected chi connectivity index (χ2v) is 7.13. The summed E-state index contributed by atoms with van der Waals surface area (Å²) < 4.78 is 1.56. The summed E-state index contributed by atoms with van der Waals surface area (Å²) in [4.78, 5) is 24.9. The molecule has 0 unspecified atom stereocenters. The van der Waals surface area contributed by atoms with Crippen LogP contribution in [-0.4, -0.2) is 26.3 Å². The summed E-state index contributed by atoms with van der Waals surface area (Å²) in [6.07, 6.45) is 2.71. The van der Waals surface area contributed by atoms with Crippen molar-refractivity contribution in [3.05, 3.63) is 62.1 Å². The van der Waals surface area contributed by atoms with Crippen LogP contribution < -0.4 is 5.56 Å². The number of thiazole rings is 1. The molecule has 6 heteroatoms. The van der Waals surface area contributed by atoms with Gasteiger partial charge in [-0.3, -0.25) is 14.1 Å². The summed E-state index contributed by atoms with van der Waals surface area (Å²) in [6.45, 7) is 6.99. The minimum atomic E-state index is -0.0427. The van der Waals surface area contributed by atoms with Crippen LogP contribution in [0, 0.1) is 6.92 Å². The molecule has 0 N–H and O–H groups in total. The third-order valence-electron chi connectivity index (χ3n) is 4.26. The van der Waals surface area contributed by atoms with Gasteiger partial charge < -0.3 is 0 Å². The van der Waals surface area contributed by atoms with Crippen molar-refractivity contribution in [1.29, 1.82) is 0 Å². The molecule has 0 fully saturated rings. The molecule has 126 valence electrons. The van der Waals surface area contributed by atoms with Gasteiger partial charge in [0, 0.05) is 29.7 Å². The normalized spacial score (nSPS) is 12.9. The Morgan fingerprint density at radius 3 is 2.83 bits per heavy atom. The van der Waals surface area contributed by atoms with Crippen molar-refractivity contribution in [2.24, 2.45) is 0 Å². The largest absolute Gasteiger partial charge is 0.293 e. The van der Waals surface area contributed by atoms with E-state index in [1.54, 1.807) is 28.0 Å². The van der Waals surface area contributed by atoms with Gasteiger partial charge in [-0.2, -0.15) is 0 Å². The van der Waals surface area contributed by atoms with Gasteiger partial charge in [-0.15, -0.1) is 11.3 Å². The summed E-state index contributed by atoms with van der Waals surface area (Å²) in [5, 5.41) is 1.17. The fraction of sp³-hybridized carbons (Fsp3) is 0.389. The minimum absolute atomic E-state index is 0.0427. The van der Waals surface area contributed by atoms with Crippen molar-refractivity contribution in [2.75, 3.05) is 7.05 Å². The van der Waals surface area contributed by atoms with Gasteiger partial charge in [0.05, 0.1) is 16.4 Å². The molecule has 0 bridgehead atoms. The molecule has 1 atom stereocenters. The maximum absolute atomic E-state index is 12.2. The Labute approximate surface area is 145 Å². The second kappa shape index (κ2) is 6.83. The molecule has 0 aliphatic heterocycles. The average molecular weight is 342 g/mol. The zero-order valence-corrected chi connectivity index (χ0v) is 15.3. The number of pyridine rings is 1. The van der Waals surface area contributed by atoms with Crippen molar-refractivity contribution in [2.45, 2.75) is 39.8 Å². The second-order valence-electron chi connectivity index (χ2n) is 6.02. The lowest BCUT2D eigenvalue weighted by Gasteiger charge is -2.23. The predicted octanol–water partition coefficient (Wildman–Crippen LogP) is 3.21. The summed E-state index contributed by atoms with van der Waals surface area (Å²) in [6, 6.07) is 7.44. The smallest absolute Gasteiger partial charge is 0.258 e. The number of rotatable bonds is 5. The van der Waals surface area contributed by atoms with Gasteiger partial charge >= 0.3 is 0 Å². The number of hydrogen-bond donors (Lipinski definition) is 0. The van der Waals surface area contributed by atoms with E-state index in [1.807, 2.05) is 18.2 Å². The van der Waals surface area contributed by atoms with E-state index >= 15 is 0 Å². The Hall–Kier alpha value is -2.05. The Balaban J connectivity index is 1.84.